The Morgan fingerprint density at radius 1 is 0.914 bits per heavy atom. The van der Waals surface area contributed by atoms with E-state index in [1.165, 1.54) is 11.4 Å². The van der Waals surface area contributed by atoms with Crippen molar-refractivity contribution in [1.29, 1.82) is 0 Å². The van der Waals surface area contributed by atoms with E-state index in [4.69, 9.17) is 4.74 Å². The smallest absolute Gasteiger partial charge is 0.246 e. The van der Waals surface area contributed by atoms with Crippen LogP contribution in [0.5, 0.6) is 5.75 Å². The number of piperidine rings is 1. The number of ether oxygens (including phenoxy) is 1. The Balaban J connectivity index is 1.48. The molecular formula is C28H32N2O4S. The van der Waals surface area contributed by atoms with Gasteiger partial charge in [-0.05, 0) is 48.6 Å². The Hall–Kier alpha value is -3.16. The molecular weight excluding hydrogens is 460 g/mol. The summed E-state index contributed by atoms with van der Waals surface area (Å²) in [7, 11) is -2.24. The molecule has 0 radical (unpaired) electrons. The summed E-state index contributed by atoms with van der Waals surface area (Å²) >= 11 is 0. The van der Waals surface area contributed by atoms with E-state index in [-0.39, 0.29) is 16.7 Å². The molecule has 35 heavy (non-hydrogen) atoms. The van der Waals surface area contributed by atoms with Gasteiger partial charge in [-0.1, -0.05) is 66.7 Å². The van der Waals surface area contributed by atoms with E-state index in [1.54, 1.807) is 12.1 Å². The molecule has 1 heterocycles. The molecule has 184 valence electrons. The Labute approximate surface area is 208 Å². The highest BCUT2D eigenvalue weighted by atomic mass is 32.2. The summed E-state index contributed by atoms with van der Waals surface area (Å²) in [6, 6.07) is 25.1. The average molecular weight is 493 g/mol. The lowest BCUT2D eigenvalue weighted by Gasteiger charge is -2.34. The third-order valence-corrected chi connectivity index (χ3v) is 8.40. The highest BCUT2D eigenvalue weighted by molar-refractivity contribution is 7.89. The largest absolute Gasteiger partial charge is 0.495 e. The molecule has 0 bridgehead atoms. The maximum Gasteiger partial charge on any atom is 0.246 e. The van der Waals surface area contributed by atoms with Gasteiger partial charge in [0.05, 0.1) is 7.11 Å². The summed E-state index contributed by atoms with van der Waals surface area (Å²) in [5.74, 6) is 0.196. The van der Waals surface area contributed by atoms with E-state index in [1.807, 2.05) is 78.6 Å². The van der Waals surface area contributed by atoms with Crippen LogP contribution in [-0.2, 0) is 27.9 Å². The molecule has 1 fully saturated rings. The molecule has 0 atom stereocenters. The second-order valence-corrected chi connectivity index (χ2v) is 10.9. The van der Waals surface area contributed by atoms with Crippen molar-refractivity contribution in [3.05, 3.63) is 95.6 Å². The Morgan fingerprint density at radius 2 is 1.46 bits per heavy atom. The molecule has 0 aromatic heterocycles. The zero-order valence-electron chi connectivity index (χ0n) is 20.3. The monoisotopic (exact) mass is 492 g/mol. The van der Waals surface area contributed by atoms with Crippen LogP contribution in [-0.4, -0.2) is 43.7 Å². The number of carbonyl (C=O) groups is 1. The average Bonchev–Trinajstić information content (AvgIpc) is 2.89. The summed E-state index contributed by atoms with van der Waals surface area (Å²) < 4.78 is 33.5. The zero-order valence-corrected chi connectivity index (χ0v) is 21.1. The minimum atomic E-state index is -3.71. The predicted octanol–water partition coefficient (Wildman–Crippen LogP) is 4.63. The van der Waals surface area contributed by atoms with Crippen molar-refractivity contribution in [2.24, 2.45) is 5.92 Å². The summed E-state index contributed by atoms with van der Waals surface area (Å²) in [6.07, 6.45) is 0.985. The van der Waals surface area contributed by atoms with Crippen LogP contribution in [0, 0.1) is 12.8 Å². The molecule has 1 aliphatic rings. The van der Waals surface area contributed by atoms with Gasteiger partial charge < -0.3 is 9.64 Å². The van der Waals surface area contributed by atoms with Gasteiger partial charge in [-0.15, -0.1) is 0 Å². The molecule has 7 heteroatoms. The SMILES string of the molecule is COc1ccc(C)cc1S(=O)(=O)N1CCC(C(=O)N(Cc2ccccc2)Cc2ccccc2)CC1. The van der Waals surface area contributed by atoms with Crippen molar-refractivity contribution >= 4 is 15.9 Å². The Morgan fingerprint density at radius 3 is 1.97 bits per heavy atom. The van der Waals surface area contributed by atoms with Gasteiger partial charge in [0.2, 0.25) is 15.9 Å². The number of amides is 1. The van der Waals surface area contributed by atoms with E-state index in [0.29, 0.717) is 44.8 Å². The van der Waals surface area contributed by atoms with E-state index >= 15 is 0 Å². The van der Waals surface area contributed by atoms with Gasteiger partial charge in [0.1, 0.15) is 10.6 Å². The Bertz CT molecular complexity index is 1200. The fraction of sp³-hybridized carbons (Fsp3) is 0.321. The number of rotatable bonds is 8. The van der Waals surface area contributed by atoms with Gasteiger partial charge in [0.15, 0.2) is 0 Å². The van der Waals surface area contributed by atoms with Crippen molar-refractivity contribution in [1.82, 2.24) is 9.21 Å². The normalized spacial score (nSPS) is 15.0. The van der Waals surface area contributed by atoms with Crippen LogP contribution in [0.2, 0.25) is 0 Å². The first kappa shape index (κ1) is 24.9. The summed E-state index contributed by atoms with van der Waals surface area (Å²) in [5, 5.41) is 0. The first-order chi connectivity index (χ1) is 16.9. The minimum absolute atomic E-state index is 0.0721. The van der Waals surface area contributed by atoms with Gasteiger partial charge in [0.25, 0.3) is 0 Å². The molecule has 0 aliphatic carbocycles. The molecule has 0 saturated carbocycles. The molecule has 0 spiro atoms. The Kier molecular flexibility index (Phi) is 7.88. The van der Waals surface area contributed by atoms with Crippen molar-refractivity contribution in [2.45, 2.75) is 37.8 Å². The summed E-state index contributed by atoms with van der Waals surface area (Å²) in [5.41, 5.74) is 3.00. The fourth-order valence-corrected chi connectivity index (χ4v) is 6.26. The third kappa shape index (κ3) is 5.92. The van der Waals surface area contributed by atoms with Gasteiger partial charge in [-0.3, -0.25) is 4.79 Å². The maximum absolute atomic E-state index is 13.6. The highest BCUT2D eigenvalue weighted by Gasteiger charge is 2.35. The number of hydrogen-bond donors (Lipinski definition) is 0. The number of aryl methyl sites for hydroxylation is 1. The molecule has 1 aliphatic heterocycles. The quantitative estimate of drug-likeness (QED) is 0.460. The first-order valence-corrected chi connectivity index (χ1v) is 13.3. The number of methoxy groups -OCH3 is 1. The molecule has 1 amide bonds. The molecule has 0 N–H and O–H groups in total. The standard InChI is InChI=1S/C28H32N2O4S/c1-22-13-14-26(34-2)27(19-22)35(32,33)30-17-15-25(16-18-30)28(31)29(20-23-9-5-3-6-10-23)21-24-11-7-4-8-12-24/h3-14,19,25H,15-18,20-21H2,1-2H3. The molecule has 4 rings (SSSR count). The van der Waals surface area contributed by atoms with Crippen LogP contribution in [0.3, 0.4) is 0 Å². The second-order valence-electron chi connectivity index (χ2n) is 9.00. The molecule has 0 unspecified atom stereocenters. The van der Waals surface area contributed by atoms with Crippen LogP contribution in [0.25, 0.3) is 0 Å². The summed E-state index contributed by atoms with van der Waals surface area (Å²) in [6.45, 7) is 3.51. The fourth-order valence-electron chi connectivity index (χ4n) is 4.55. The highest BCUT2D eigenvalue weighted by Crippen LogP contribution is 2.31. The van der Waals surface area contributed by atoms with E-state index in [0.717, 1.165) is 16.7 Å². The lowest BCUT2D eigenvalue weighted by Crippen LogP contribution is -2.44. The first-order valence-electron chi connectivity index (χ1n) is 11.9. The van der Waals surface area contributed by atoms with Crippen molar-refractivity contribution < 1.29 is 17.9 Å². The second kappa shape index (κ2) is 11.1. The van der Waals surface area contributed by atoms with Gasteiger partial charge in [0, 0.05) is 32.1 Å². The maximum atomic E-state index is 13.6. The predicted molar refractivity (Wildman–Crippen MR) is 136 cm³/mol. The molecule has 3 aromatic carbocycles. The number of nitrogens with zero attached hydrogens (tertiary/aromatic N) is 2. The molecule has 6 nitrogen and oxygen atoms in total. The van der Waals surface area contributed by atoms with Crippen LogP contribution in [0.15, 0.2) is 83.8 Å². The van der Waals surface area contributed by atoms with Gasteiger partial charge in [-0.25, -0.2) is 8.42 Å². The van der Waals surface area contributed by atoms with Crippen LogP contribution in [0.1, 0.15) is 29.5 Å². The van der Waals surface area contributed by atoms with Crippen LogP contribution < -0.4 is 4.74 Å². The molecule has 3 aromatic rings. The number of benzene rings is 3. The lowest BCUT2D eigenvalue weighted by molar-refractivity contribution is -0.138. The zero-order chi connectivity index (χ0) is 24.8. The van der Waals surface area contributed by atoms with Crippen molar-refractivity contribution in [3.63, 3.8) is 0 Å². The third-order valence-electron chi connectivity index (χ3n) is 6.48. The minimum Gasteiger partial charge on any atom is -0.495 e. The lowest BCUT2D eigenvalue weighted by atomic mass is 9.96. The molecule has 1 saturated heterocycles. The van der Waals surface area contributed by atoms with E-state index < -0.39 is 10.0 Å². The van der Waals surface area contributed by atoms with Gasteiger partial charge >= 0.3 is 0 Å². The van der Waals surface area contributed by atoms with Crippen molar-refractivity contribution in [2.75, 3.05) is 20.2 Å². The van der Waals surface area contributed by atoms with Gasteiger partial charge in [-0.2, -0.15) is 4.31 Å². The van der Waals surface area contributed by atoms with E-state index in [9.17, 15) is 13.2 Å². The number of sulfonamides is 1. The van der Waals surface area contributed by atoms with Crippen LogP contribution in [0.4, 0.5) is 0 Å². The summed E-state index contributed by atoms with van der Waals surface area (Å²) in [4.78, 5) is 15.7. The van der Waals surface area contributed by atoms with Crippen molar-refractivity contribution in [3.8, 4) is 5.75 Å². The number of carbonyl (C=O) groups excluding carboxylic acids is 1. The van der Waals surface area contributed by atoms with Crippen LogP contribution >= 0.6 is 0 Å². The number of hydrogen-bond acceptors (Lipinski definition) is 4. The van der Waals surface area contributed by atoms with E-state index in [2.05, 4.69) is 0 Å². The topological polar surface area (TPSA) is 66.9 Å².